The van der Waals surface area contributed by atoms with Crippen LogP contribution in [0.25, 0.3) is 0 Å². The summed E-state index contributed by atoms with van der Waals surface area (Å²) in [5, 5.41) is 19.7. The lowest BCUT2D eigenvalue weighted by molar-refractivity contribution is 0.163. The van der Waals surface area contributed by atoms with Crippen LogP contribution in [-0.2, 0) is 11.2 Å². The van der Waals surface area contributed by atoms with Gasteiger partial charge in [0.1, 0.15) is 5.41 Å². The lowest BCUT2D eigenvalue weighted by atomic mass is 9.71. The van der Waals surface area contributed by atoms with E-state index in [1.165, 1.54) is 0 Å². The Morgan fingerprint density at radius 2 is 2.09 bits per heavy atom. The van der Waals surface area contributed by atoms with E-state index in [4.69, 9.17) is 16.8 Å². The highest BCUT2D eigenvalue weighted by Crippen LogP contribution is 2.47. The van der Waals surface area contributed by atoms with Crippen LogP contribution in [0.2, 0.25) is 5.02 Å². The smallest absolute Gasteiger partial charge is 0.109 e. The second-order valence-corrected chi connectivity index (χ2v) is 7.07. The van der Waals surface area contributed by atoms with Gasteiger partial charge in [0.05, 0.1) is 6.07 Å². The summed E-state index contributed by atoms with van der Waals surface area (Å²) in [5.41, 5.74) is 4.61. The van der Waals surface area contributed by atoms with Gasteiger partial charge in [0, 0.05) is 22.2 Å². The number of nitrogens with one attached hydrogen (secondary N) is 1. The highest BCUT2D eigenvalue weighted by Gasteiger charge is 2.39. The summed E-state index contributed by atoms with van der Waals surface area (Å²) in [6.07, 6.45) is 1.32. The molecule has 3 nitrogen and oxygen atoms in total. The van der Waals surface area contributed by atoms with Crippen molar-refractivity contribution in [2.24, 2.45) is 0 Å². The largest absolute Gasteiger partial charge is 0.317 e. The minimum Gasteiger partial charge on any atom is -0.317 e. The SMILES string of the molecule is N#CC1(CCCNO)c2cc(Cl)ccc2CSc2ccccc21. The highest BCUT2D eigenvalue weighted by atomic mass is 35.5. The molecular weight excluding hydrogens is 328 g/mol. The second-order valence-electron chi connectivity index (χ2n) is 5.62. The molecule has 0 radical (unpaired) electrons. The average molecular weight is 345 g/mol. The van der Waals surface area contributed by atoms with Gasteiger partial charge in [-0.15, -0.1) is 11.8 Å². The zero-order valence-corrected chi connectivity index (χ0v) is 14.1. The second kappa shape index (κ2) is 6.94. The fourth-order valence-corrected chi connectivity index (χ4v) is 4.50. The van der Waals surface area contributed by atoms with Crippen molar-refractivity contribution in [3.63, 3.8) is 0 Å². The van der Waals surface area contributed by atoms with Gasteiger partial charge < -0.3 is 5.21 Å². The minimum atomic E-state index is -0.739. The molecule has 0 saturated carbocycles. The van der Waals surface area contributed by atoms with E-state index in [0.29, 0.717) is 24.4 Å². The summed E-state index contributed by atoms with van der Waals surface area (Å²) in [4.78, 5) is 1.14. The van der Waals surface area contributed by atoms with Crippen LogP contribution in [0.3, 0.4) is 0 Å². The lowest BCUT2D eigenvalue weighted by Crippen LogP contribution is -2.28. The van der Waals surface area contributed by atoms with Crippen molar-refractivity contribution in [3.05, 3.63) is 64.2 Å². The molecular formula is C18H17ClN2OS. The molecule has 2 aromatic carbocycles. The first-order valence-electron chi connectivity index (χ1n) is 7.51. The Bertz CT molecular complexity index is 759. The van der Waals surface area contributed by atoms with Gasteiger partial charge in [-0.05, 0) is 47.7 Å². The Morgan fingerprint density at radius 1 is 1.26 bits per heavy atom. The standard InChI is InChI=1S/C18H17ClN2OS/c19-14-7-6-13-11-23-17-5-2-1-4-15(17)18(12-20,16(13)10-14)8-3-9-21-22/h1-2,4-7,10,21-22H,3,8-9,11H2. The summed E-state index contributed by atoms with van der Waals surface area (Å²) in [6.45, 7) is 0.453. The quantitative estimate of drug-likeness (QED) is 0.632. The molecule has 0 amide bonds. The minimum absolute atomic E-state index is 0.453. The number of nitrogens with zero attached hydrogens (tertiary/aromatic N) is 1. The number of fused-ring (bicyclic) bond motifs is 2. The number of hydrogen-bond acceptors (Lipinski definition) is 4. The van der Waals surface area contributed by atoms with Gasteiger partial charge >= 0.3 is 0 Å². The third-order valence-electron chi connectivity index (χ3n) is 4.29. The lowest BCUT2D eigenvalue weighted by Gasteiger charge is -2.29. The van der Waals surface area contributed by atoms with E-state index >= 15 is 0 Å². The van der Waals surface area contributed by atoms with Gasteiger partial charge in [-0.3, -0.25) is 0 Å². The van der Waals surface area contributed by atoms with Gasteiger partial charge in [0.15, 0.2) is 0 Å². The van der Waals surface area contributed by atoms with Crippen LogP contribution in [0.1, 0.15) is 29.5 Å². The number of nitriles is 1. The van der Waals surface area contributed by atoms with E-state index in [1.54, 1.807) is 11.8 Å². The number of hydrogen-bond donors (Lipinski definition) is 2. The Labute approximate surface area is 145 Å². The average Bonchev–Trinajstić information content (AvgIpc) is 2.71. The van der Waals surface area contributed by atoms with Crippen LogP contribution < -0.4 is 5.48 Å². The number of hydroxylamine groups is 1. The van der Waals surface area contributed by atoms with Crippen molar-refractivity contribution in [3.8, 4) is 6.07 Å². The molecule has 23 heavy (non-hydrogen) atoms. The first-order valence-corrected chi connectivity index (χ1v) is 8.87. The van der Waals surface area contributed by atoms with Crippen molar-refractivity contribution >= 4 is 23.4 Å². The van der Waals surface area contributed by atoms with Crippen molar-refractivity contribution < 1.29 is 5.21 Å². The van der Waals surface area contributed by atoms with E-state index in [0.717, 1.165) is 27.3 Å². The maximum Gasteiger partial charge on any atom is 0.109 e. The molecule has 0 saturated heterocycles. The fourth-order valence-electron chi connectivity index (χ4n) is 3.20. The molecule has 1 aliphatic rings. The van der Waals surface area contributed by atoms with Gasteiger partial charge in [-0.2, -0.15) is 5.26 Å². The zero-order chi connectivity index (χ0) is 16.3. The topological polar surface area (TPSA) is 56.0 Å². The molecule has 1 atom stereocenters. The summed E-state index contributed by atoms with van der Waals surface area (Å²) in [7, 11) is 0. The van der Waals surface area contributed by atoms with Crippen LogP contribution >= 0.6 is 23.4 Å². The maximum absolute atomic E-state index is 10.2. The molecule has 0 fully saturated rings. The van der Waals surface area contributed by atoms with Crippen molar-refractivity contribution in [2.75, 3.05) is 6.54 Å². The summed E-state index contributed by atoms with van der Waals surface area (Å²) in [6, 6.07) is 16.5. The number of benzene rings is 2. The molecule has 2 aromatic rings. The first-order chi connectivity index (χ1) is 11.2. The Kier molecular flexibility index (Phi) is 4.93. The Hall–Kier alpha value is -1.51. The van der Waals surface area contributed by atoms with E-state index < -0.39 is 5.41 Å². The predicted molar refractivity (Wildman–Crippen MR) is 92.9 cm³/mol. The molecule has 2 N–H and O–H groups in total. The zero-order valence-electron chi connectivity index (χ0n) is 12.6. The van der Waals surface area contributed by atoms with E-state index in [1.807, 2.05) is 36.4 Å². The van der Waals surface area contributed by atoms with Crippen LogP contribution in [0.5, 0.6) is 0 Å². The number of thioether (sulfide) groups is 1. The highest BCUT2D eigenvalue weighted by molar-refractivity contribution is 7.98. The molecule has 1 unspecified atom stereocenters. The fraction of sp³-hybridized carbons (Fsp3) is 0.278. The van der Waals surface area contributed by atoms with Gasteiger partial charge in [0.25, 0.3) is 0 Å². The molecule has 1 heterocycles. The van der Waals surface area contributed by atoms with Crippen LogP contribution in [0, 0.1) is 11.3 Å². The normalized spacial score (nSPS) is 19.3. The molecule has 0 bridgehead atoms. The monoisotopic (exact) mass is 344 g/mol. The predicted octanol–water partition coefficient (Wildman–Crippen LogP) is 4.51. The van der Waals surface area contributed by atoms with Crippen molar-refractivity contribution in [1.29, 1.82) is 5.26 Å². The van der Waals surface area contributed by atoms with Crippen LogP contribution in [0.4, 0.5) is 0 Å². The van der Waals surface area contributed by atoms with Gasteiger partial charge in [-0.25, -0.2) is 5.48 Å². The van der Waals surface area contributed by atoms with Gasteiger partial charge in [-0.1, -0.05) is 35.9 Å². The first kappa shape index (κ1) is 16.4. The Morgan fingerprint density at radius 3 is 2.87 bits per heavy atom. The van der Waals surface area contributed by atoms with E-state index in [2.05, 4.69) is 17.6 Å². The van der Waals surface area contributed by atoms with E-state index in [-0.39, 0.29) is 0 Å². The molecule has 0 spiro atoms. The molecule has 0 aliphatic carbocycles. The third kappa shape index (κ3) is 2.98. The summed E-state index contributed by atoms with van der Waals surface area (Å²) in [5.74, 6) is 0.825. The number of rotatable bonds is 4. The van der Waals surface area contributed by atoms with Crippen LogP contribution in [0.15, 0.2) is 47.4 Å². The number of halogens is 1. The van der Waals surface area contributed by atoms with Crippen molar-refractivity contribution in [2.45, 2.75) is 28.9 Å². The van der Waals surface area contributed by atoms with Crippen molar-refractivity contribution in [1.82, 2.24) is 5.48 Å². The summed E-state index contributed by atoms with van der Waals surface area (Å²) >= 11 is 7.99. The molecule has 1 aliphatic heterocycles. The third-order valence-corrected chi connectivity index (χ3v) is 5.65. The molecule has 118 valence electrons. The molecule has 0 aromatic heterocycles. The van der Waals surface area contributed by atoms with Crippen LogP contribution in [-0.4, -0.2) is 11.8 Å². The Balaban J connectivity index is 2.21. The molecule has 5 heteroatoms. The van der Waals surface area contributed by atoms with Gasteiger partial charge in [0.2, 0.25) is 0 Å². The summed E-state index contributed by atoms with van der Waals surface area (Å²) < 4.78 is 0. The van der Waals surface area contributed by atoms with E-state index in [9.17, 15) is 5.26 Å². The molecule has 3 rings (SSSR count). The maximum atomic E-state index is 10.2.